The second-order valence-corrected chi connectivity index (χ2v) is 18.2. The molecule has 3 fully saturated rings. The summed E-state index contributed by atoms with van der Waals surface area (Å²) in [5.74, 6) is 0.663. The van der Waals surface area contributed by atoms with E-state index in [0.717, 1.165) is 115 Å². The normalized spacial score (nSPS) is 28.5. The van der Waals surface area contributed by atoms with Gasteiger partial charge in [0.15, 0.2) is 17.6 Å². The lowest BCUT2D eigenvalue weighted by atomic mass is 9.80. The molecule has 0 aromatic heterocycles. The van der Waals surface area contributed by atoms with E-state index < -0.39 is 17.4 Å². The summed E-state index contributed by atoms with van der Waals surface area (Å²) in [6, 6.07) is 0.331. The summed E-state index contributed by atoms with van der Waals surface area (Å²) in [5, 5.41) is 3.80. The Kier molecular flexibility index (Phi) is 19.6. The van der Waals surface area contributed by atoms with Gasteiger partial charge in [0.2, 0.25) is 5.91 Å². The smallest absolute Gasteiger partial charge is 0.316 e. The highest BCUT2D eigenvalue weighted by Crippen LogP contribution is 2.50. The molecule has 0 bridgehead atoms. The Labute approximate surface area is 356 Å². The minimum Gasteiger partial charge on any atom is -0.465 e. The van der Waals surface area contributed by atoms with Crippen molar-refractivity contribution in [2.24, 2.45) is 33.1 Å². The highest BCUT2D eigenvalue weighted by atomic mass is 16.6. The maximum Gasteiger partial charge on any atom is 0.316 e. The van der Waals surface area contributed by atoms with E-state index in [-0.39, 0.29) is 36.1 Å². The number of esters is 1. The number of unbranched alkanes of at least 4 members (excludes halogenated alkanes) is 13. The third-order valence-electron chi connectivity index (χ3n) is 13.4. The van der Waals surface area contributed by atoms with Crippen molar-refractivity contribution in [3.8, 4) is 0 Å². The number of hydrogen-bond donors (Lipinski definition) is 4. The van der Waals surface area contributed by atoms with Crippen LogP contribution in [0.2, 0.25) is 0 Å². The molecule has 0 aliphatic carbocycles. The Hall–Kier alpha value is -2.90. The fraction of sp³-hybridized carbons (Fsp3) is 0.870. The number of guanidine groups is 2. The van der Waals surface area contributed by atoms with Crippen molar-refractivity contribution in [3.05, 3.63) is 12.2 Å². The van der Waals surface area contributed by atoms with Crippen LogP contribution in [-0.4, -0.2) is 102 Å². The first kappa shape index (κ1) is 47.2. The molecule has 0 saturated carbocycles. The summed E-state index contributed by atoms with van der Waals surface area (Å²) in [7, 11) is 0. The first-order valence-electron chi connectivity index (χ1n) is 24.1. The second-order valence-electron chi connectivity index (χ2n) is 18.2. The van der Waals surface area contributed by atoms with E-state index in [9.17, 15) is 9.59 Å². The zero-order chi connectivity index (χ0) is 41.9. The molecule has 7 unspecified atom stereocenters. The Bertz CT molecular complexity index is 1370. The largest absolute Gasteiger partial charge is 0.465 e. The van der Waals surface area contributed by atoms with Gasteiger partial charge in [0.25, 0.3) is 0 Å². The van der Waals surface area contributed by atoms with Gasteiger partial charge >= 0.3 is 5.97 Å². The van der Waals surface area contributed by atoms with E-state index >= 15 is 0 Å². The number of rotatable bonds is 26. The number of hydrogen-bond acceptors (Lipinski definition) is 10. The maximum atomic E-state index is 14.1. The number of carbonyl (C=O) groups is 2. The van der Waals surface area contributed by atoms with Crippen LogP contribution < -0.4 is 22.5 Å². The fourth-order valence-corrected chi connectivity index (χ4v) is 10.3. The van der Waals surface area contributed by atoms with Crippen molar-refractivity contribution < 1.29 is 23.8 Å². The lowest BCUT2D eigenvalue weighted by Gasteiger charge is -2.55. The van der Waals surface area contributed by atoms with Crippen LogP contribution in [0, 0.1) is 5.92 Å². The SMILES string of the molecule is CCC1C=CCCC2(CC3CCC4C(C(=O)OCCCCCCCCCCCCCCCC(=O)N(CCCCN)CCCN=C(N)N)C5(CCCC(C)O5)N=C(N2)N34)O1. The molecule has 0 radical (unpaired) electrons. The molecule has 0 aromatic carbocycles. The van der Waals surface area contributed by atoms with E-state index in [0.29, 0.717) is 38.7 Å². The average Bonchev–Trinajstić information content (AvgIpc) is 3.51. The number of aliphatic imine (C=N–C) groups is 2. The molecular weight excluding hydrogens is 745 g/mol. The number of nitrogens with one attached hydrogen (secondary N) is 1. The van der Waals surface area contributed by atoms with Crippen molar-refractivity contribution in [1.82, 2.24) is 15.1 Å². The van der Waals surface area contributed by atoms with Gasteiger partial charge in [0, 0.05) is 38.5 Å². The zero-order valence-corrected chi connectivity index (χ0v) is 37.0. The molecule has 0 aromatic rings. The molecule has 59 heavy (non-hydrogen) atoms. The van der Waals surface area contributed by atoms with E-state index in [1.807, 2.05) is 4.90 Å². The molecule has 5 aliphatic rings. The Morgan fingerprint density at radius 3 is 2.29 bits per heavy atom. The van der Waals surface area contributed by atoms with Gasteiger partial charge in [-0.15, -0.1) is 0 Å². The Morgan fingerprint density at radius 2 is 1.61 bits per heavy atom. The Balaban J connectivity index is 0.930. The lowest BCUT2D eigenvalue weighted by molar-refractivity contribution is -0.194. The van der Waals surface area contributed by atoms with Gasteiger partial charge in [0.05, 0.1) is 24.9 Å². The van der Waals surface area contributed by atoms with Crippen molar-refractivity contribution >= 4 is 23.8 Å². The minimum atomic E-state index is -0.885. The molecule has 7 N–H and O–H groups in total. The molecule has 1 amide bonds. The second kappa shape index (κ2) is 24.5. The van der Waals surface area contributed by atoms with Crippen molar-refractivity contribution in [3.63, 3.8) is 0 Å². The number of ether oxygens (including phenoxy) is 3. The highest BCUT2D eigenvalue weighted by Gasteiger charge is 2.62. The van der Waals surface area contributed by atoms with Crippen LogP contribution in [-0.2, 0) is 23.8 Å². The van der Waals surface area contributed by atoms with Crippen molar-refractivity contribution in [2.75, 3.05) is 32.8 Å². The number of carbonyl (C=O) groups excluding carboxylic acids is 2. The van der Waals surface area contributed by atoms with Crippen LogP contribution in [0.25, 0.3) is 0 Å². The van der Waals surface area contributed by atoms with Crippen LogP contribution in [0.4, 0.5) is 0 Å². The van der Waals surface area contributed by atoms with E-state index in [1.165, 1.54) is 57.8 Å². The highest BCUT2D eigenvalue weighted by molar-refractivity contribution is 5.87. The maximum absolute atomic E-state index is 14.1. The third-order valence-corrected chi connectivity index (χ3v) is 13.4. The Morgan fingerprint density at radius 1 is 0.915 bits per heavy atom. The van der Waals surface area contributed by atoms with Gasteiger partial charge in [-0.25, -0.2) is 4.99 Å². The van der Waals surface area contributed by atoms with Crippen molar-refractivity contribution in [1.29, 1.82) is 0 Å². The van der Waals surface area contributed by atoms with Crippen LogP contribution in [0.1, 0.15) is 181 Å². The molecule has 3 saturated heterocycles. The lowest BCUT2D eigenvalue weighted by Crippen LogP contribution is -2.71. The first-order valence-corrected chi connectivity index (χ1v) is 24.1. The fourth-order valence-electron chi connectivity index (χ4n) is 10.3. The van der Waals surface area contributed by atoms with Gasteiger partial charge in [-0.2, -0.15) is 0 Å². The summed E-state index contributed by atoms with van der Waals surface area (Å²) >= 11 is 0. The third kappa shape index (κ3) is 14.1. The van der Waals surface area contributed by atoms with Crippen molar-refractivity contribution in [2.45, 2.75) is 217 Å². The van der Waals surface area contributed by atoms with E-state index in [1.54, 1.807) is 0 Å². The predicted octanol–water partition coefficient (Wildman–Crippen LogP) is 7.16. The monoisotopic (exact) mass is 827 g/mol. The standard InChI is InChI=1S/C46H82N8O5/c1-3-38-24-16-17-28-45(59-38)35-37-26-27-39-41(46(29-21-23-36(2)58-46)52-44(51-45)54(37)39)42(56)57-34-20-14-12-10-8-6-4-5-7-9-11-13-15-25-40(55)53(32-19-18-30-47)33-22-31-50-43(48)49/h16,24,36-39,41H,3-15,17-23,25-35,47H2,1-2H3,(H,51,52)(H4,48,49,50). The van der Waals surface area contributed by atoms with Gasteiger partial charge in [-0.1, -0.05) is 89.7 Å². The molecule has 2 spiro atoms. The minimum absolute atomic E-state index is 0.0323. The molecule has 13 nitrogen and oxygen atoms in total. The van der Waals surface area contributed by atoms with Gasteiger partial charge in [-0.05, 0) is 96.9 Å². The van der Waals surface area contributed by atoms with E-state index in [2.05, 4.69) is 41.2 Å². The van der Waals surface area contributed by atoms with Crippen LogP contribution >= 0.6 is 0 Å². The average molecular weight is 827 g/mol. The summed E-state index contributed by atoms with van der Waals surface area (Å²) in [4.78, 5) is 40.7. The zero-order valence-electron chi connectivity index (χ0n) is 37.0. The van der Waals surface area contributed by atoms with Crippen LogP contribution in [0.5, 0.6) is 0 Å². The molecular formula is C46H82N8O5. The number of amides is 1. The van der Waals surface area contributed by atoms with Gasteiger partial charge in [-0.3, -0.25) is 14.6 Å². The first-order chi connectivity index (χ1) is 28.7. The van der Waals surface area contributed by atoms with Gasteiger partial charge < -0.3 is 46.5 Å². The summed E-state index contributed by atoms with van der Waals surface area (Å²) in [5.41, 5.74) is 15.2. The van der Waals surface area contributed by atoms with Gasteiger partial charge in [0.1, 0.15) is 11.6 Å². The molecule has 5 heterocycles. The number of allylic oxidation sites excluding steroid dienone is 1. The molecule has 13 heteroatoms. The molecule has 5 aliphatic heterocycles. The topological polar surface area (TPSA) is 183 Å². The van der Waals surface area contributed by atoms with Crippen LogP contribution in [0.15, 0.2) is 22.1 Å². The van der Waals surface area contributed by atoms with E-state index in [4.69, 9.17) is 36.4 Å². The summed E-state index contributed by atoms with van der Waals surface area (Å²) < 4.78 is 19.6. The predicted molar refractivity (Wildman–Crippen MR) is 236 cm³/mol. The van der Waals surface area contributed by atoms with Crippen LogP contribution in [0.3, 0.4) is 0 Å². The quantitative estimate of drug-likeness (QED) is 0.0230. The number of nitrogens with two attached hydrogens (primary N) is 3. The molecule has 7 atom stereocenters. The number of nitrogens with zero attached hydrogens (tertiary/aromatic N) is 4. The molecule has 336 valence electrons. The summed E-state index contributed by atoms with van der Waals surface area (Å²) in [6.45, 7) is 7.42. The molecule has 5 rings (SSSR count). The summed E-state index contributed by atoms with van der Waals surface area (Å²) in [6.07, 6.45) is 31.6.